The van der Waals surface area contributed by atoms with Gasteiger partial charge in [-0.05, 0) is 44.5 Å². The van der Waals surface area contributed by atoms with Crippen molar-refractivity contribution in [3.05, 3.63) is 34.9 Å². The van der Waals surface area contributed by atoms with E-state index < -0.39 is 23.8 Å². The second-order valence-corrected chi connectivity index (χ2v) is 7.78. The molecule has 148 valence electrons. The standard InChI is InChI=1S/C20H24N4O4/c1-23(11-13-5-3-9-21-13)10-12-4-2-6-14-17(12)20(28)24(19(14)27)15-7-8-16(25)22-18(15)26/h2,4,6,13,15,21H,3,5,7-11H2,1H3,(H,22,25,26)/t13-,15?/m1/s1. The maximum absolute atomic E-state index is 13.1. The summed E-state index contributed by atoms with van der Waals surface area (Å²) in [5, 5.41) is 5.68. The van der Waals surface area contributed by atoms with Gasteiger partial charge in [0, 0.05) is 25.6 Å². The highest BCUT2D eigenvalue weighted by Gasteiger charge is 2.45. The van der Waals surface area contributed by atoms with Crippen LogP contribution in [0.5, 0.6) is 0 Å². The molecule has 1 unspecified atom stereocenters. The number of imide groups is 2. The molecule has 1 aromatic rings. The minimum atomic E-state index is -0.932. The first kappa shape index (κ1) is 18.8. The van der Waals surface area contributed by atoms with Crippen molar-refractivity contribution in [3.8, 4) is 0 Å². The van der Waals surface area contributed by atoms with Gasteiger partial charge in [-0.25, -0.2) is 0 Å². The van der Waals surface area contributed by atoms with Crippen molar-refractivity contribution < 1.29 is 19.2 Å². The number of hydrogen-bond acceptors (Lipinski definition) is 6. The van der Waals surface area contributed by atoms with Gasteiger partial charge in [0.1, 0.15) is 6.04 Å². The molecule has 1 aromatic carbocycles. The average molecular weight is 384 g/mol. The monoisotopic (exact) mass is 384 g/mol. The second kappa shape index (κ2) is 7.44. The van der Waals surface area contributed by atoms with Crippen LogP contribution in [0.25, 0.3) is 0 Å². The van der Waals surface area contributed by atoms with Crippen LogP contribution in [0, 0.1) is 0 Å². The lowest BCUT2D eigenvalue weighted by Gasteiger charge is -2.28. The SMILES string of the molecule is CN(Cc1cccc2c1C(=O)N(C1CCC(=O)NC1=O)C2=O)C[C@H]1CCCN1. The molecule has 2 saturated heterocycles. The molecule has 3 aliphatic rings. The molecule has 0 aliphatic carbocycles. The highest BCUT2D eigenvalue weighted by atomic mass is 16.2. The predicted molar refractivity (Wildman–Crippen MR) is 100 cm³/mol. The van der Waals surface area contributed by atoms with Gasteiger partial charge in [0.05, 0.1) is 11.1 Å². The van der Waals surface area contributed by atoms with E-state index in [0.29, 0.717) is 23.7 Å². The zero-order chi connectivity index (χ0) is 19.8. The van der Waals surface area contributed by atoms with Crippen LogP contribution in [0.15, 0.2) is 18.2 Å². The summed E-state index contributed by atoms with van der Waals surface area (Å²) in [4.78, 5) is 52.7. The number of nitrogens with one attached hydrogen (secondary N) is 2. The van der Waals surface area contributed by atoms with Crippen molar-refractivity contribution in [1.82, 2.24) is 20.4 Å². The van der Waals surface area contributed by atoms with Gasteiger partial charge in [-0.15, -0.1) is 0 Å². The summed E-state index contributed by atoms with van der Waals surface area (Å²) < 4.78 is 0. The first-order chi connectivity index (χ1) is 13.5. The molecular formula is C20H24N4O4. The molecule has 3 aliphatic heterocycles. The van der Waals surface area contributed by atoms with Gasteiger partial charge in [0.25, 0.3) is 11.8 Å². The summed E-state index contributed by atoms with van der Waals surface area (Å²) >= 11 is 0. The van der Waals surface area contributed by atoms with Crippen LogP contribution in [0.1, 0.15) is 52.0 Å². The van der Waals surface area contributed by atoms with Gasteiger partial charge >= 0.3 is 0 Å². The topological polar surface area (TPSA) is 98.8 Å². The van der Waals surface area contributed by atoms with E-state index in [-0.39, 0.29) is 18.7 Å². The molecule has 8 heteroatoms. The number of nitrogens with zero attached hydrogens (tertiary/aromatic N) is 2. The number of hydrogen-bond donors (Lipinski definition) is 2. The van der Waals surface area contributed by atoms with Gasteiger partial charge in [-0.1, -0.05) is 12.1 Å². The number of amides is 4. The summed E-state index contributed by atoms with van der Waals surface area (Å²) in [7, 11) is 2.00. The van der Waals surface area contributed by atoms with Crippen molar-refractivity contribution in [1.29, 1.82) is 0 Å². The molecule has 2 fully saturated rings. The summed E-state index contributed by atoms with van der Waals surface area (Å²) in [5.41, 5.74) is 1.49. The first-order valence-electron chi connectivity index (χ1n) is 9.71. The van der Waals surface area contributed by atoms with Crippen molar-refractivity contribution >= 4 is 23.6 Å². The van der Waals surface area contributed by atoms with Crippen LogP contribution >= 0.6 is 0 Å². The molecule has 4 rings (SSSR count). The Morgan fingerprint density at radius 1 is 1.14 bits per heavy atom. The Morgan fingerprint density at radius 3 is 2.68 bits per heavy atom. The van der Waals surface area contributed by atoms with Crippen LogP contribution in [-0.4, -0.2) is 65.6 Å². The van der Waals surface area contributed by atoms with Crippen molar-refractivity contribution in [3.63, 3.8) is 0 Å². The molecule has 3 heterocycles. The first-order valence-corrected chi connectivity index (χ1v) is 9.71. The Hall–Kier alpha value is -2.58. The van der Waals surface area contributed by atoms with Gasteiger partial charge in [-0.2, -0.15) is 0 Å². The summed E-state index contributed by atoms with van der Waals surface area (Å²) in [6.07, 6.45) is 2.59. The van der Waals surface area contributed by atoms with Crippen molar-refractivity contribution in [2.24, 2.45) is 0 Å². The zero-order valence-electron chi connectivity index (χ0n) is 15.9. The molecule has 2 atom stereocenters. The largest absolute Gasteiger partial charge is 0.313 e. The van der Waals surface area contributed by atoms with Crippen LogP contribution in [0.3, 0.4) is 0 Å². The van der Waals surface area contributed by atoms with Crippen LogP contribution in [0.4, 0.5) is 0 Å². The molecule has 2 N–H and O–H groups in total. The van der Waals surface area contributed by atoms with E-state index in [9.17, 15) is 19.2 Å². The lowest BCUT2D eigenvalue weighted by atomic mass is 10.0. The minimum absolute atomic E-state index is 0.119. The number of likely N-dealkylation sites (N-methyl/N-ethyl adjacent to an activating group) is 1. The van der Waals surface area contributed by atoms with Crippen molar-refractivity contribution in [2.45, 2.75) is 44.3 Å². The third-order valence-electron chi connectivity index (χ3n) is 5.69. The Morgan fingerprint density at radius 2 is 1.96 bits per heavy atom. The number of carbonyl (C=O) groups excluding carboxylic acids is 4. The lowest BCUT2D eigenvalue weighted by molar-refractivity contribution is -0.136. The van der Waals surface area contributed by atoms with E-state index in [1.165, 1.54) is 6.42 Å². The molecule has 0 spiro atoms. The number of fused-ring (bicyclic) bond motifs is 1. The molecule has 0 radical (unpaired) electrons. The molecule has 28 heavy (non-hydrogen) atoms. The quantitative estimate of drug-likeness (QED) is 0.707. The van der Waals surface area contributed by atoms with Gasteiger partial charge in [0.15, 0.2) is 0 Å². The van der Waals surface area contributed by atoms with Crippen LogP contribution in [0.2, 0.25) is 0 Å². The molecule has 0 aromatic heterocycles. The molecule has 0 saturated carbocycles. The Kier molecular flexibility index (Phi) is 4.99. The van der Waals surface area contributed by atoms with E-state index in [1.54, 1.807) is 12.1 Å². The highest BCUT2D eigenvalue weighted by Crippen LogP contribution is 2.30. The number of carbonyl (C=O) groups is 4. The Balaban J connectivity index is 1.55. The summed E-state index contributed by atoms with van der Waals surface area (Å²) in [6.45, 7) is 2.44. The highest BCUT2D eigenvalue weighted by molar-refractivity contribution is 6.24. The van der Waals surface area contributed by atoms with Gasteiger partial charge in [0.2, 0.25) is 11.8 Å². The third kappa shape index (κ3) is 3.33. The van der Waals surface area contributed by atoms with E-state index in [4.69, 9.17) is 0 Å². The number of rotatable bonds is 5. The lowest BCUT2D eigenvalue weighted by Crippen LogP contribution is -2.54. The molecular weight excluding hydrogens is 360 g/mol. The molecule has 8 nitrogen and oxygen atoms in total. The fourth-order valence-electron chi connectivity index (χ4n) is 4.36. The van der Waals surface area contributed by atoms with Gasteiger partial charge < -0.3 is 10.2 Å². The van der Waals surface area contributed by atoms with E-state index in [0.717, 1.165) is 30.0 Å². The molecule has 4 amide bonds. The predicted octanol–water partition coefficient (Wildman–Crippen LogP) is 0.272. The van der Waals surface area contributed by atoms with Gasteiger partial charge in [-0.3, -0.25) is 29.4 Å². The van der Waals surface area contributed by atoms with E-state index in [2.05, 4.69) is 15.5 Å². The summed E-state index contributed by atoms with van der Waals surface area (Å²) in [6, 6.07) is 4.77. The van der Waals surface area contributed by atoms with Crippen molar-refractivity contribution in [2.75, 3.05) is 20.1 Å². The molecule has 0 bridgehead atoms. The van der Waals surface area contributed by atoms with Crippen LogP contribution in [-0.2, 0) is 16.1 Å². The minimum Gasteiger partial charge on any atom is -0.313 e. The maximum Gasteiger partial charge on any atom is 0.262 e. The average Bonchev–Trinajstić information content (AvgIpc) is 3.24. The second-order valence-electron chi connectivity index (χ2n) is 7.78. The summed E-state index contributed by atoms with van der Waals surface area (Å²) in [5.74, 6) is -1.87. The fourth-order valence-corrected chi connectivity index (χ4v) is 4.36. The Bertz CT molecular complexity index is 847. The smallest absolute Gasteiger partial charge is 0.262 e. The number of benzene rings is 1. The zero-order valence-corrected chi connectivity index (χ0v) is 15.9. The normalized spacial score (nSPS) is 24.9. The van der Waals surface area contributed by atoms with E-state index >= 15 is 0 Å². The maximum atomic E-state index is 13.1. The number of piperidine rings is 1. The Labute approximate surface area is 163 Å². The van der Waals surface area contributed by atoms with E-state index in [1.807, 2.05) is 13.1 Å². The fraction of sp³-hybridized carbons (Fsp3) is 0.500. The van der Waals surface area contributed by atoms with Crippen LogP contribution < -0.4 is 10.6 Å². The third-order valence-corrected chi connectivity index (χ3v) is 5.69.